The summed E-state index contributed by atoms with van der Waals surface area (Å²) in [6.45, 7) is 4.26. The molecule has 0 bridgehead atoms. The molecule has 0 aliphatic rings. The number of pyridine rings is 1. The molecule has 0 aliphatic heterocycles. The van der Waals surface area contributed by atoms with Gasteiger partial charge in [0.25, 0.3) is 0 Å². The second kappa shape index (κ2) is 9.14. The van der Waals surface area contributed by atoms with E-state index in [1.807, 2.05) is 30.0 Å². The van der Waals surface area contributed by atoms with Gasteiger partial charge in [0, 0.05) is 16.5 Å². The van der Waals surface area contributed by atoms with E-state index >= 15 is 0 Å². The number of nitrogens with zero attached hydrogens (tertiary/aromatic N) is 1. The van der Waals surface area contributed by atoms with Crippen LogP contribution in [0.1, 0.15) is 39.2 Å². The van der Waals surface area contributed by atoms with Crippen LogP contribution in [0.25, 0.3) is 10.9 Å². The molecule has 4 aromatic rings. The molecule has 150 valence electrons. The number of aromatic nitrogens is 1. The van der Waals surface area contributed by atoms with Crippen LogP contribution in [0.4, 0.5) is 0 Å². The van der Waals surface area contributed by atoms with E-state index in [0.29, 0.717) is 12.2 Å². The zero-order chi connectivity index (χ0) is 20.9. The monoisotopic (exact) mass is 413 g/mol. The highest BCUT2D eigenvalue weighted by Crippen LogP contribution is 2.42. The fourth-order valence-electron chi connectivity index (χ4n) is 3.44. The number of hydrogen-bond acceptors (Lipinski definition) is 4. The number of thioether (sulfide) groups is 1. The van der Waals surface area contributed by atoms with Crippen molar-refractivity contribution in [3.05, 3.63) is 107 Å². The minimum Gasteiger partial charge on any atom is -0.462 e. The van der Waals surface area contributed by atoms with Crippen molar-refractivity contribution in [3.63, 3.8) is 0 Å². The van der Waals surface area contributed by atoms with Gasteiger partial charge in [-0.25, -0.2) is 4.79 Å². The Bertz CT molecular complexity index is 1120. The maximum atomic E-state index is 12.0. The van der Waals surface area contributed by atoms with Crippen LogP contribution in [0.3, 0.4) is 0 Å². The van der Waals surface area contributed by atoms with Crippen LogP contribution >= 0.6 is 11.8 Å². The van der Waals surface area contributed by atoms with Crippen molar-refractivity contribution >= 4 is 28.6 Å². The normalized spacial score (nSPS) is 11.0. The number of hydrogen-bond donors (Lipinski definition) is 0. The quantitative estimate of drug-likeness (QED) is 0.264. The van der Waals surface area contributed by atoms with Crippen LogP contribution in [0.2, 0.25) is 0 Å². The van der Waals surface area contributed by atoms with E-state index in [4.69, 9.17) is 4.74 Å². The average Bonchev–Trinajstić information content (AvgIpc) is 2.78. The minimum atomic E-state index is -0.337. The molecule has 0 aliphatic carbocycles. The second-order valence-corrected chi connectivity index (χ2v) is 8.22. The van der Waals surface area contributed by atoms with Crippen LogP contribution in [-0.4, -0.2) is 17.6 Å². The van der Waals surface area contributed by atoms with Crippen molar-refractivity contribution in [2.45, 2.75) is 24.0 Å². The Labute approximate surface area is 181 Å². The summed E-state index contributed by atoms with van der Waals surface area (Å²) in [5.74, 6) is -0.337. The lowest BCUT2D eigenvalue weighted by Crippen LogP contribution is -2.05. The van der Waals surface area contributed by atoms with Crippen LogP contribution in [0, 0.1) is 6.92 Å². The summed E-state index contributed by atoms with van der Waals surface area (Å²) in [5.41, 5.74) is 5.04. The van der Waals surface area contributed by atoms with Gasteiger partial charge in [0.05, 0.1) is 22.9 Å². The smallest absolute Gasteiger partial charge is 0.339 e. The minimum absolute atomic E-state index is 0.183. The molecule has 0 saturated heterocycles. The molecule has 1 aromatic heterocycles. The third-order valence-corrected chi connectivity index (χ3v) is 6.41. The van der Waals surface area contributed by atoms with E-state index < -0.39 is 0 Å². The highest BCUT2D eigenvalue weighted by molar-refractivity contribution is 7.99. The molecular formula is C26H23NO2S. The summed E-state index contributed by atoms with van der Waals surface area (Å²) in [7, 11) is 0. The Morgan fingerprint density at radius 3 is 2.20 bits per heavy atom. The topological polar surface area (TPSA) is 39.2 Å². The van der Waals surface area contributed by atoms with Gasteiger partial charge in [0.1, 0.15) is 0 Å². The molecule has 4 heteroatoms. The summed E-state index contributed by atoms with van der Waals surface area (Å²) in [4.78, 5) is 17.7. The molecule has 0 amide bonds. The first-order valence-corrected chi connectivity index (χ1v) is 10.9. The first kappa shape index (κ1) is 20.2. The number of ether oxygens (including phenoxy) is 1. The number of carbonyl (C=O) groups is 1. The van der Waals surface area contributed by atoms with Gasteiger partial charge in [-0.15, -0.1) is 11.8 Å². The first-order valence-electron chi connectivity index (χ1n) is 10.00. The summed E-state index contributed by atoms with van der Waals surface area (Å²) in [5, 5.41) is 1.13. The van der Waals surface area contributed by atoms with Gasteiger partial charge < -0.3 is 4.74 Å². The highest BCUT2D eigenvalue weighted by atomic mass is 32.2. The molecule has 3 aromatic carbocycles. The van der Waals surface area contributed by atoms with E-state index in [1.54, 1.807) is 13.1 Å². The average molecular weight is 414 g/mol. The molecule has 1 heterocycles. The van der Waals surface area contributed by atoms with Crippen molar-refractivity contribution in [2.75, 3.05) is 6.61 Å². The van der Waals surface area contributed by atoms with Crippen molar-refractivity contribution < 1.29 is 9.53 Å². The molecule has 4 rings (SSSR count). The summed E-state index contributed by atoms with van der Waals surface area (Å²) in [6, 6.07) is 27.2. The molecule has 0 unspecified atom stereocenters. The van der Waals surface area contributed by atoms with Gasteiger partial charge in [-0.1, -0.05) is 60.7 Å². The lowest BCUT2D eigenvalue weighted by atomic mass is 10.0. The Morgan fingerprint density at radius 2 is 1.60 bits per heavy atom. The second-order valence-electron chi connectivity index (χ2n) is 7.07. The van der Waals surface area contributed by atoms with Crippen molar-refractivity contribution in [1.82, 2.24) is 4.98 Å². The largest absolute Gasteiger partial charge is 0.462 e. The third kappa shape index (κ3) is 4.39. The summed E-state index contributed by atoms with van der Waals surface area (Å²) in [6.07, 6.45) is 1.59. The maximum Gasteiger partial charge on any atom is 0.339 e. The van der Waals surface area contributed by atoms with Crippen molar-refractivity contribution in [3.8, 4) is 0 Å². The van der Waals surface area contributed by atoms with Crippen LogP contribution in [0.15, 0.2) is 90.0 Å². The number of esters is 1. The fraction of sp³-hybridized carbons (Fsp3) is 0.154. The van der Waals surface area contributed by atoms with E-state index in [1.165, 1.54) is 16.0 Å². The van der Waals surface area contributed by atoms with Crippen LogP contribution < -0.4 is 0 Å². The molecule has 0 radical (unpaired) electrons. The first-order chi connectivity index (χ1) is 14.7. The Balaban J connectivity index is 1.71. The Hall–Kier alpha value is -3.11. The highest BCUT2D eigenvalue weighted by Gasteiger charge is 2.17. The molecule has 0 saturated carbocycles. The fourth-order valence-corrected chi connectivity index (χ4v) is 4.70. The Morgan fingerprint density at radius 1 is 0.967 bits per heavy atom. The van der Waals surface area contributed by atoms with E-state index in [0.717, 1.165) is 16.5 Å². The third-order valence-electron chi connectivity index (χ3n) is 4.94. The maximum absolute atomic E-state index is 12.0. The molecule has 0 N–H and O–H groups in total. The molecule has 0 atom stereocenters. The predicted molar refractivity (Wildman–Crippen MR) is 123 cm³/mol. The van der Waals surface area contributed by atoms with Crippen molar-refractivity contribution in [2.24, 2.45) is 0 Å². The molecule has 30 heavy (non-hydrogen) atoms. The van der Waals surface area contributed by atoms with Crippen molar-refractivity contribution in [1.29, 1.82) is 0 Å². The number of rotatable bonds is 6. The van der Waals surface area contributed by atoms with Crippen LogP contribution in [0.5, 0.6) is 0 Å². The number of benzene rings is 3. The standard InChI is InChI=1S/C26H23NO2S/c1-3-29-26(28)22-15-21-14-18(2)24(16-23(21)27-17-22)30-25(19-10-6-4-7-11-19)20-12-8-5-9-13-20/h4-17,25H,3H2,1-2H3. The van der Waals surface area contributed by atoms with Gasteiger partial charge in [0.15, 0.2) is 0 Å². The lowest BCUT2D eigenvalue weighted by molar-refractivity contribution is 0.0526. The van der Waals surface area contributed by atoms with E-state index in [-0.39, 0.29) is 11.2 Å². The zero-order valence-corrected chi connectivity index (χ0v) is 17.9. The number of carbonyl (C=O) groups excluding carboxylic acids is 1. The van der Waals surface area contributed by atoms with Gasteiger partial charge in [0.2, 0.25) is 0 Å². The van der Waals surface area contributed by atoms with Gasteiger partial charge >= 0.3 is 5.97 Å². The Kier molecular flexibility index (Phi) is 6.15. The zero-order valence-electron chi connectivity index (χ0n) is 17.0. The van der Waals surface area contributed by atoms with Gasteiger partial charge in [-0.3, -0.25) is 4.98 Å². The van der Waals surface area contributed by atoms with Crippen LogP contribution in [-0.2, 0) is 4.74 Å². The SMILES string of the molecule is CCOC(=O)c1cnc2cc(SC(c3ccccc3)c3ccccc3)c(C)cc2c1. The van der Waals surface area contributed by atoms with Gasteiger partial charge in [-0.2, -0.15) is 0 Å². The summed E-state index contributed by atoms with van der Waals surface area (Å²) >= 11 is 1.82. The lowest BCUT2D eigenvalue weighted by Gasteiger charge is -2.19. The summed E-state index contributed by atoms with van der Waals surface area (Å²) < 4.78 is 5.10. The number of aryl methyl sites for hydroxylation is 1. The molecule has 3 nitrogen and oxygen atoms in total. The number of fused-ring (bicyclic) bond motifs is 1. The molecular weight excluding hydrogens is 390 g/mol. The van der Waals surface area contributed by atoms with E-state index in [2.05, 4.69) is 72.6 Å². The predicted octanol–water partition coefficient (Wildman–Crippen LogP) is 6.60. The van der Waals surface area contributed by atoms with Gasteiger partial charge in [-0.05, 0) is 48.7 Å². The molecule has 0 spiro atoms. The van der Waals surface area contributed by atoms with E-state index in [9.17, 15) is 4.79 Å². The molecule has 0 fully saturated rings.